The normalized spacial score (nSPS) is 16.0. The molecule has 3 aromatic rings. The topological polar surface area (TPSA) is 96.9 Å². The second-order valence-electron chi connectivity index (χ2n) is 8.40. The standard InChI is InChI=1S/C24H30N4O/c1-15-2-4-16(5-3-15)18-8-9-19-13-23(28-22(19)12-18)24(29)27-14-20(25)10-11-21(26)17-6-7-17/h2-5,8-9,12-13,17,20-21,28H,6-7,10-11,14,25-26H2,1H3,(H,27,29)/t20-,21?/m0/s1. The Morgan fingerprint density at radius 2 is 1.79 bits per heavy atom. The molecule has 1 unspecified atom stereocenters. The lowest BCUT2D eigenvalue weighted by Gasteiger charge is -2.15. The van der Waals surface area contributed by atoms with Gasteiger partial charge in [-0.1, -0.05) is 42.0 Å². The van der Waals surface area contributed by atoms with Gasteiger partial charge in [-0.2, -0.15) is 0 Å². The third-order valence-corrected chi connectivity index (χ3v) is 5.88. The van der Waals surface area contributed by atoms with E-state index in [4.69, 9.17) is 11.5 Å². The molecule has 0 aliphatic heterocycles. The lowest BCUT2D eigenvalue weighted by atomic mass is 10.0. The van der Waals surface area contributed by atoms with Crippen molar-refractivity contribution in [2.45, 2.75) is 44.7 Å². The second-order valence-corrected chi connectivity index (χ2v) is 8.40. The van der Waals surface area contributed by atoms with Crippen LogP contribution in [0.5, 0.6) is 0 Å². The summed E-state index contributed by atoms with van der Waals surface area (Å²) in [7, 11) is 0. The first-order valence-electron chi connectivity index (χ1n) is 10.5. The minimum atomic E-state index is -0.125. The highest BCUT2D eigenvalue weighted by molar-refractivity contribution is 5.98. The number of aryl methyl sites for hydroxylation is 1. The number of rotatable bonds is 8. The number of nitrogens with one attached hydrogen (secondary N) is 2. The van der Waals surface area contributed by atoms with E-state index in [1.165, 1.54) is 18.4 Å². The lowest BCUT2D eigenvalue weighted by Crippen LogP contribution is -2.38. The average Bonchev–Trinajstić information content (AvgIpc) is 3.49. The Morgan fingerprint density at radius 3 is 2.52 bits per heavy atom. The minimum absolute atomic E-state index is 0.0683. The molecule has 0 bridgehead atoms. The maximum Gasteiger partial charge on any atom is 0.267 e. The summed E-state index contributed by atoms with van der Waals surface area (Å²) in [5, 5.41) is 3.96. The molecule has 5 heteroatoms. The first-order chi connectivity index (χ1) is 14.0. The number of amides is 1. The van der Waals surface area contributed by atoms with Crippen molar-refractivity contribution in [2.24, 2.45) is 17.4 Å². The fraction of sp³-hybridized carbons (Fsp3) is 0.375. The Balaban J connectivity index is 1.36. The summed E-state index contributed by atoms with van der Waals surface area (Å²) in [5.41, 5.74) is 17.3. The number of fused-ring (bicyclic) bond motifs is 1. The van der Waals surface area contributed by atoms with Crippen molar-refractivity contribution >= 4 is 16.8 Å². The van der Waals surface area contributed by atoms with Crippen LogP contribution in [0.25, 0.3) is 22.0 Å². The summed E-state index contributed by atoms with van der Waals surface area (Å²) < 4.78 is 0. The van der Waals surface area contributed by atoms with E-state index in [0.717, 1.165) is 34.9 Å². The van der Waals surface area contributed by atoms with Gasteiger partial charge in [-0.05, 0) is 61.8 Å². The van der Waals surface area contributed by atoms with Crippen molar-refractivity contribution in [2.75, 3.05) is 6.54 Å². The molecule has 1 fully saturated rings. The third kappa shape index (κ3) is 4.86. The molecular formula is C24H30N4O. The van der Waals surface area contributed by atoms with Crippen LogP contribution in [0.3, 0.4) is 0 Å². The number of carbonyl (C=O) groups is 1. The van der Waals surface area contributed by atoms with Crippen molar-refractivity contribution in [3.05, 3.63) is 59.8 Å². The van der Waals surface area contributed by atoms with E-state index in [0.29, 0.717) is 18.2 Å². The first-order valence-corrected chi connectivity index (χ1v) is 10.5. The van der Waals surface area contributed by atoms with Gasteiger partial charge in [0.25, 0.3) is 5.91 Å². The van der Waals surface area contributed by atoms with E-state index in [9.17, 15) is 4.79 Å². The first kappa shape index (κ1) is 19.7. The molecule has 1 saturated carbocycles. The Morgan fingerprint density at radius 1 is 1.07 bits per heavy atom. The molecule has 0 radical (unpaired) electrons. The Bertz CT molecular complexity index is 988. The van der Waals surface area contributed by atoms with Gasteiger partial charge in [0.15, 0.2) is 0 Å². The zero-order chi connectivity index (χ0) is 20.4. The molecule has 1 aliphatic rings. The van der Waals surface area contributed by atoms with Gasteiger partial charge in [0.1, 0.15) is 5.69 Å². The van der Waals surface area contributed by atoms with Crippen LogP contribution >= 0.6 is 0 Å². The van der Waals surface area contributed by atoms with Crippen molar-refractivity contribution in [1.82, 2.24) is 10.3 Å². The lowest BCUT2D eigenvalue weighted by molar-refractivity contribution is 0.0946. The molecule has 2 aromatic carbocycles. The minimum Gasteiger partial charge on any atom is -0.351 e. The van der Waals surface area contributed by atoms with Crippen molar-refractivity contribution in [1.29, 1.82) is 0 Å². The second kappa shape index (κ2) is 8.39. The van der Waals surface area contributed by atoms with E-state index >= 15 is 0 Å². The van der Waals surface area contributed by atoms with E-state index < -0.39 is 0 Å². The highest BCUT2D eigenvalue weighted by Crippen LogP contribution is 2.33. The fourth-order valence-electron chi connectivity index (χ4n) is 3.76. The number of H-pyrrole nitrogens is 1. The van der Waals surface area contributed by atoms with Crippen LogP contribution in [-0.4, -0.2) is 29.5 Å². The van der Waals surface area contributed by atoms with Crippen LogP contribution in [0.4, 0.5) is 0 Å². The van der Waals surface area contributed by atoms with Gasteiger partial charge in [-0.15, -0.1) is 0 Å². The molecule has 29 heavy (non-hydrogen) atoms. The fourth-order valence-corrected chi connectivity index (χ4v) is 3.76. The monoisotopic (exact) mass is 390 g/mol. The molecule has 6 N–H and O–H groups in total. The van der Waals surface area contributed by atoms with Gasteiger partial charge >= 0.3 is 0 Å². The zero-order valence-corrected chi connectivity index (χ0v) is 16.9. The average molecular weight is 391 g/mol. The summed E-state index contributed by atoms with van der Waals surface area (Å²) in [4.78, 5) is 15.8. The van der Waals surface area contributed by atoms with Crippen molar-refractivity contribution < 1.29 is 4.79 Å². The molecule has 1 aromatic heterocycles. The molecule has 1 amide bonds. The highest BCUT2D eigenvalue weighted by atomic mass is 16.1. The Labute approximate surface area is 171 Å². The van der Waals surface area contributed by atoms with Crippen LogP contribution in [0.15, 0.2) is 48.5 Å². The maximum absolute atomic E-state index is 12.5. The van der Waals surface area contributed by atoms with Crippen molar-refractivity contribution in [3.63, 3.8) is 0 Å². The van der Waals surface area contributed by atoms with E-state index in [-0.39, 0.29) is 18.0 Å². The van der Waals surface area contributed by atoms with Crippen LogP contribution in [0.2, 0.25) is 0 Å². The summed E-state index contributed by atoms with van der Waals surface area (Å²) >= 11 is 0. The van der Waals surface area contributed by atoms with E-state index in [1.54, 1.807) is 0 Å². The molecule has 5 nitrogen and oxygen atoms in total. The molecule has 2 atom stereocenters. The summed E-state index contributed by atoms with van der Waals surface area (Å²) in [6.07, 6.45) is 4.26. The van der Waals surface area contributed by atoms with Gasteiger partial charge in [0, 0.05) is 29.5 Å². The number of aromatic amines is 1. The van der Waals surface area contributed by atoms with Crippen LogP contribution < -0.4 is 16.8 Å². The van der Waals surface area contributed by atoms with E-state index in [2.05, 4.69) is 53.6 Å². The summed E-state index contributed by atoms with van der Waals surface area (Å²) in [6.45, 7) is 2.54. The maximum atomic E-state index is 12.5. The van der Waals surface area contributed by atoms with E-state index in [1.807, 2.05) is 12.1 Å². The summed E-state index contributed by atoms with van der Waals surface area (Å²) in [6, 6.07) is 16.7. The Kier molecular flexibility index (Phi) is 5.69. The molecule has 152 valence electrons. The molecule has 0 saturated heterocycles. The zero-order valence-electron chi connectivity index (χ0n) is 16.9. The van der Waals surface area contributed by atoms with Crippen LogP contribution in [0, 0.1) is 12.8 Å². The van der Waals surface area contributed by atoms with Crippen molar-refractivity contribution in [3.8, 4) is 11.1 Å². The predicted molar refractivity (Wildman–Crippen MR) is 119 cm³/mol. The number of aromatic nitrogens is 1. The molecule has 1 aliphatic carbocycles. The highest BCUT2D eigenvalue weighted by Gasteiger charge is 2.28. The third-order valence-electron chi connectivity index (χ3n) is 5.88. The largest absolute Gasteiger partial charge is 0.351 e. The van der Waals surface area contributed by atoms with Crippen LogP contribution in [-0.2, 0) is 0 Å². The summed E-state index contributed by atoms with van der Waals surface area (Å²) in [5.74, 6) is 0.563. The quantitative estimate of drug-likeness (QED) is 0.472. The number of hydrogen-bond acceptors (Lipinski definition) is 3. The number of nitrogens with two attached hydrogens (primary N) is 2. The molecule has 0 spiro atoms. The number of hydrogen-bond donors (Lipinski definition) is 4. The smallest absolute Gasteiger partial charge is 0.267 e. The molecule has 4 rings (SSSR count). The van der Waals surface area contributed by atoms with Gasteiger partial charge in [0.05, 0.1) is 0 Å². The van der Waals surface area contributed by atoms with Crippen LogP contribution in [0.1, 0.15) is 41.7 Å². The Hall–Kier alpha value is -2.63. The van der Waals surface area contributed by atoms with Gasteiger partial charge in [0.2, 0.25) is 0 Å². The molecular weight excluding hydrogens is 360 g/mol. The number of benzene rings is 2. The SMILES string of the molecule is Cc1ccc(-c2ccc3cc(C(=O)NC[C@@H](N)CCC(N)C4CC4)[nH]c3c2)cc1. The predicted octanol–water partition coefficient (Wildman–Crippen LogP) is 3.72. The van der Waals surface area contributed by atoms with Gasteiger partial charge in [-0.25, -0.2) is 0 Å². The van der Waals surface area contributed by atoms with Gasteiger partial charge in [-0.3, -0.25) is 4.79 Å². The number of carbonyl (C=O) groups excluding carboxylic acids is 1. The molecule has 1 heterocycles. The van der Waals surface area contributed by atoms with Gasteiger partial charge < -0.3 is 21.8 Å².